The van der Waals surface area contributed by atoms with Crippen molar-refractivity contribution in [2.24, 2.45) is 0 Å². The van der Waals surface area contributed by atoms with E-state index < -0.39 is 12.6 Å². The van der Waals surface area contributed by atoms with E-state index in [4.69, 9.17) is 4.74 Å². The number of carbonyl (C=O) groups excluding carboxylic acids is 2. The number of phenols is 2. The number of carbonyl (C=O) groups is 2. The number of rotatable bonds is 3. The van der Waals surface area contributed by atoms with Crippen LogP contribution in [0.5, 0.6) is 11.5 Å². The zero-order valence-corrected chi connectivity index (χ0v) is 15.1. The third-order valence-corrected chi connectivity index (χ3v) is 5.02. The van der Waals surface area contributed by atoms with E-state index in [9.17, 15) is 19.8 Å². The minimum atomic E-state index is -0.857. The lowest BCUT2D eigenvalue weighted by atomic mass is 10.00. The Morgan fingerprint density at radius 2 is 1.64 bits per heavy atom. The molecule has 0 radical (unpaired) electrons. The van der Waals surface area contributed by atoms with Gasteiger partial charge < -0.3 is 19.8 Å². The van der Waals surface area contributed by atoms with Crippen molar-refractivity contribution in [2.75, 3.05) is 13.2 Å². The second-order valence-electron chi connectivity index (χ2n) is 6.75. The Labute approximate surface area is 161 Å². The highest BCUT2D eigenvalue weighted by molar-refractivity contribution is 6.04. The highest BCUT2D eigenvalue weighted by Gasteiger charge is 2.23. The molecule has 4 rings (SSSR count). The van der Waals surface area contributed by atoms with Gasteiger partial charge in [-0.15, -0.1) is 0 Å². The standard InChI is InChI=1S/C22H19NO5/c24-19-11-18(21(26)17-8-4-3-7-16(17)19)22(27)28-13-20(25)23-10-9-14-5-1-2-6-15(14)12-23/h1-8,11,24,26H,9-10,12-13H2. The molecule has 0 unspecified atom stereocenters. The zero-order valence-electron chi connectivity index (χ0n) is 15.1. The van der Waals surface area contributed by atoms with Crippen molar-refractivity contribution in [3.63, 3.8) is 0 Å². The van der Waals surface area contributed by atoms with Crippen LogP contribution < -0.4 is 0 Å². The summed E-state index contributed by atoms with van der Waals surface area (Å²) in [4.78, 5) is 26.5. The van der Waals surface area contributed by atoms with E-state index in [1.54, 1.807) is 29.2 Å². The molecule has 0 fully saturated rings. The number of hydrogen-bond acceptors (Lipinski definition) is 5. The molecular formula is C22H19NO5. The zero-order chi connectivity index (χ0) is 19.7. The molecule has 3 aromatic carbocycles. The fourth-order valence-corrected chi connectivity index (χ4v) is 3.50. The van der Waals surface area contributed by atoms with Gasteiger partial charge in [0.05, 0.1) is 0 Å². The van der Waals surface area contributed by atoms with Gasteiger partial charge in [-0.05, 0) is 23.6 Å². The summed E-state index contributed by atoms with van der Waals surface area (Å²) in [6.45, 7) is 0.623. The molecule has 0 saturated heterocycles. The van der Waals surface area contributed by atoms with Gasteiger partial charge in [0.15, 0.2) is 6.61 Å². The number of phenolic OH excluding ortho intramolecular Hbond substituents is 2. The molecule has 0 aliphatic carbocycles. The number of aromatic hydroxyl groups is 2. The summed E-state index contributed by atoms with van der Waals surface area (Å²) < 4.78 is 5.11. The van der Waals surface area contributed by atoms with Crippen LogP contribution in [-0.2, 0) is 22.5 Å². The number of hydrogen-bond donors (Lipinski definition) is 2. The third kappa shape index (κ3) is 3.24. The smallest absolute Gasteiger partial charge is 0.342 e. The van der Waals surface area contributed by atoms with Crippen LogP contribution in [0.2, 0.25) is 0 Å². The minimum Gasteiger partial charge on any atom is -0.507 e. The number of fused-ring (bicyclic) bond motifs is 2. The first-order valence-corrected chi connectivity index (χ1v) is 9.00. The maximum Gasteiger partial charge on any atom is 0.342 e. The predicted molar refractivity (Wildman–Crippen MR) is 103 cm³/mol. The summed E-state index contributed by atoms with van der Waals surface area (Å²) in [7, 11) is 0. The van der Waals surface area contributed by atoms with Gasteiger partial charge >= 0.3 is 5.97 Å². The van der Waals surface area contributed by atoms with E-state index in [-0.39, 0.29) is 23.0 Å². The Kier molecular flexibility index (Phi) is 4.61. The number of esters is 1. The first-order chi connectivity index (χ1) is 13.5. The van der Waals surface area contributed by atoms with E-state index in [1.165, 1.54) is 5.56 Å². The highest BCUT2D eigenvalue weighted by atomic mass is 16.5. The van der Waals surface area contributed by atoms with Crippen molar-refractivity contribution < 1.29 is 24.5 Å². The summed E-state index contributed by atoms with van der Waals surface area (Å²) in [5.41, 5.74) is 2.14. The Morgan fingerprint density at radius 1 is 0.964 bits per heavy atom. The van der Waals surface area contributed by atoms with E-state index in [2.05, 4.69) is 0 Å². The Bertz CT molecular complexity index is 1080. The van der Waals surface area contributed by atoms with Crippen molar-refractivity contribution >= 4 is 22.6 Å². The summed E-state index contributed by atoms with van der Waals surface area (Å²) >= 11 is 0. The molecule has 1 heterocycles. The summed E-state index contributed by atoms with van der Waals surface area (Å²) in [6, 6.07) is 15.7. The Morgan fingerprint density at radius 3 is 2.43 bits per heavy atom. The van der Waals surface area contributed by atoms with E-state index in [0.717, 1.165) is 18.1 Å². The van der Waals surface area contributed by atoms with Gasteiger partial charge in [-0.1, -0.05) is 48.5 Å². The molecule has 28 heavy (non-hydrogen) atoms. The van der Waals surface area contributed by atoms with Crippen LogP contribution in [-0.4, -0.2) is 40.1 Å². The summed E-state index contributed by atoms with van der Waals surface area (Å²) in [5.74, 6) is -1.58. The molecular weight excluding hydrogens is 358 g/mol. The van der Waals surface area contributed by atoms with Crippen molar-refractivity contribution in [3.05, 3.63) is 71.3 Å². The third-order valence-electron chi connectivity index (χ3n) is 5.02. The first kappa shape index (κ1) is 17.9. The van der Waals surface area contributed by atoms with E-state index in [0.29, 0.717) is 23.9 Å². The molecule has 0 spiro atoms. The molecule has 6 nitrogen and oxygen atoms in total. The SMILES string of the molecule is O=C(OCC(=O)N1CCc2ccccc2C1)c1cc(O)c2ccccc2c1O. The van der Waals surface area contributed by atoms with Gasteiger partial charge in [-0.25, -0.2) is 4.79 Å². The number of ether oxygens (including phenoxy) is 1. The second-order valence-corrected chi connectivity index (χ2v) is 6.75. The van der Waals surface area contributed by atoms with Gasteiger partial charge in [-0.2, -0.15) is 0 Å². The van der Waals surface area contributed by atoms with Crippen LogP contribution in [0.4, 0.5) is 0 Å². The number of benzene rings is 3. The quantitative estimate of drug-likeness (QED) is 0.541. The average molecular weight is 377 g/mol. The highest BCUT2D eigenvalue weighted by Crippen LogP contribution is 2.35. The van der Waals surface area contributed by atoms with Crippen molar-refractivity contribution in [1.29, 1.82) is 0 Å². The van der Waals surface area contributed by atoms with Gasteiger partial charge in [0, 0.05) is 23.9 Å². The Hall–Kier alpha value is -3.54. The maximum atomic E-state index is 12.4. The van der Waals surface area contributed by atoms with Gasteiger partial charge in [0.2, 0.25) is 0 Å². The normalized spacial score (nSPS) is 13.2. The summed E-state index contributed by atoms with van der Waals surface area (Å²) in [6.07, 6.45) is 0.759. The second kappa shape index (κ2) is 7.23. The van der Waals surface area contributed by atoms with E-state index in [1.807, 2.05) is 24.3 Å². The molecule has 142 valence electrons. The first-order valence-electron chi connectivity index (χ1n) is 9.00. The molecule has 1 aliphatic heterocycles. The monoisotopic (exact) mass is 377 g/mol. The summed E-state index contributed by atoms with van der Waals surface area (Å²) in [5, 5.41) is 21.2. The van der Waals surface area contributed by atoms with Crippen molar-refractivity contribution in [2.45, 2.75) is 13.0 Å². The van der Waals surface area contributed by atoms with Crippen LogP contribution in [0, 0.1) is 0 Å². The molecule has 2 N–H and O–H groups in total. The van der Waals surface area contributed by atoms with Gasteiger partial charge in [0.1, 0.15) is 17.1 Å². The molecule has 6 heteroatoms. The fraction of sp³-hybridized carbons (Fsp3) is 0.182. The molecule has 1 aliphatic rings. The van der Waals surface area contributed by atoms with Crippen molar-refractivity contribution in [3.8, 4) is 11.5 Å². The lowest BCUT2D eigenvalue weighted by Crippen LogP contribution is -2.38. The number of amides is 1. The Balaban J connectivity index is 1.46. The van der Waals surface area contributed by atoms with Crippen LogP contribution in [0.1, 0.15) is 21.5 Å². The van der Waals surface area contributed by atoms with Gasteiger partial charge in [-0.3, -0.25) is 4.79 Å². The lowest BCUT2D eigenvalue weighted by molar-refractivity contribution is -0.135. The molecule has 0 aromatic heterocycles. The molecule has 0 atom stereocenters. The average Bonchev–Trinajstić information content (AvgIpc) is 2.74. The van der Waals surface area contributed by atoms with Crippen LogP contribution in [0.15, 0.2) is 54.6 Å². The van der Waals surface area contributed by atoms with Crippen LogP contribution in [0.25, 0.3) is 10.8 Å². The van der Waals surface area contributed by atoms with E-state index >= 15 is 0 Å². The van der Waals surface area contributed by atoms with Crippen LogP contribution >= 0.6 is 0 Å². The topological polar surface area (TPSA) is 87.1 Å². The number of nitrogens with zero attached hydrogens (tertiary/aromatic N) is 1. The predicted octanol–water partition coefficient (Wildman–Crippen LogP) is 2.99. The molecule has 0 saturated carbocycles. The van der Waals surface area contributed by atoms with Crippen LogP contribution in [0.3, 0.4) is 0 Å². The molecule has 3 aromatic rings. The maximum absolute atomic E-state index is 12.4. The van der Waals surface area contributed by atoms with Gasteiger partial charge in [0.25, 0.3) is 5.91 Å². The lowest BCUT2D eigenvalue weighted by Gasteiger charge is -2.28. The largest absolute Gasteiger partial charge is 0.507 e. The molecule has 0 bridgehead atoms. The minimum absolute atomic E-state index is 0.140. The fourth-order valence-electron chi connectivity index (χ4n) is 3.50. The van der Waals surface area contributed by atoms with Crippen molar-refractivity contribution in [1.82, 2.24) is 4.90 Å². The molecule has 1 amide bonds.